The van der Waals surface area contributed by atoms with Crippen LogP contribution in [-0.2, 0) is 18.4 Å². The number of aliphatic hydroxyl groups excluding tert-OH is 1. The number of amides is 1. The summed E-state index contributed by atoms with van der Waals surface area (Å²) in [5.74, 6) is -0.185. The smallest absolute Gasteiger partial charge is 0.387 e. The van der Waals surface area contributed by atoms with Gasteiger partial charge in [-0.3, -0.25) is 13.8 Å². The predicted molar refractivity (Wildman–Crippen MR) is 286 cm³/mol. The number of rotatable bonds is 52. The standard InChI is InChI=1S/C57H111N2O6P/c1-6-8-10-11-12-13-14-15-16-17-18-19-20-21-22-23-24-25-26-27-28-29-30-31-32-33-34-35-36-37-38-39-40-41-42-43-44-45-46-47-49-51-57(61)58-55(56(60)50-48-9-7-2)54-65-66(62,63)64-53-52-59(3,4)5/h14-15,17-18,48,50,55-56,60H,6-13,16,19-47,49,51-54H2,1-5H3,(H-,58,61,62,63)/p+1/b15-14-,18-17-,50-48+. The summed E-state index contributed by atoms with van der Waals surface area (Å²) in [4.78, 5) is 22.9. The van der Waals surface area contributed by atoms with Crippen molar-refractivity contribution in [3.8, 4) is 0 Å². The second kappa shape index (κ2) is 48.7. The van der Waals surface area contributed by atoms with Crippen LogP contribution in [0.3, 0.4) is 0 Å². The van der Waals surface area contributed by atoms with Gasteiger partial charge in [-0.1, -0.05) is 256 Å². The Morgan fingerprint density at radius 2 is 0.894 bits per heavy atom. The van der Waals surface area contributed by atoms with Gasteiger partial charge in [0.2, 0.25) is 5.91 Å². The Bertz CT molecular complexity index is 1170. The highest BCUT2D eigenvalue weighted by atomic mass is 31.2. The van der Waals surface area contributed by atoms with Crippen LogP contribution >= 0.6 is 7.82 Å². The molecule has 0 aliphatic carbocycles. The minimum absolute atomic E-state index is 0.0614. The summed E-state index contributed by atoms with van der Waals surface area (Å²) in [7, 11) is 1.57. The lowest BCUT2D eigenvalue weighted by Gasteiger charge is -2.25. The number of phosphoric acid groups is 1. The van der Waals surface area contributed by atoms with Crippen LogP contribution < -0.4 is 5.32 Å². The van der Waals surface area contributed by atoms with Crippen molar-refractivity contribution >= 4 is 13.7 Å². The lowest BCUT2D eigenvalue weighted by molar-refractivity contribution is -0.870. The zero-order valence-corrected chi connectivity index (χ0v) is 45.3. The number of hydrogen-bond donors (Lipinski definition) is 3. The van der Waals surface area contributed by atoms with Crippen LogP contribution in [0.4, 0.5) is 0 Å². The zero-order chi connectivity index (χ0) is 48.5. The number of nitrogens with one attached hydrogen (secondary N) is 1. The van der Waals surface area contributed by atoms with E-state index >= 15 is 0 Å². The van der Waals surface area contributed by atoms with Crippen LogP contribution in [0.25, 0.3) is 0 Å². The molecule has 3 N–H and O–H groups in total. The Kier molecular flexibility index (Phi) is 47.8. The van der Waals surface area contributed by atoms with Crippen molar-refractivity contribution in [1.29, 1.82) is 0 Å². The summed E-state index contributed by atoms with van der Waals surface area (Å²) in [5, 5.41) is 13.5. The molecular weight excluding hydrogens is 840 g/mol. The third-order valence-corrected chi connectivity index (χ3v) is 13.8. The number of likely N-dealkylation sites (N-methyl/N-ethyl adjacent to an activating group) is 1. The molecule has 0 bridgehead atoms. The summed E-state index contributed by atoms with van der Waals surface area (Å²) in [6.45, 7) is 4.60. The SMILES string of the molecule is CCC/C=C/C(O)C(COP(=O)(O)OCC[N+](C)(C)C)NC(=O)CCCCCCCCCCCCCCCCCCCCCCCCCCCCCCC/C=C\C/C=C\CCCCCCC. The van der Waals surface area contributed by atoms with Crippen LogP contribution in [0.1, 0.15) is 271 Å². The largest absolute Gasteiger partial charge is 0.472 e. The fourth-order valence-corrected chi connectivity index (χ4v) is 9.11. The molecule has 9 heteroatoms. The van der Waals surface area contributed by atoms with Gasteiger partial charge in [0.25, 0.3) is 0 Å². The highest BCUT2D eigenvalue weighted by molar-refractivity contribution is 7.47. The van der Waals surface area contributed by atoms with E-state index in [0.29, 0.717) is 17.4 Å². The number of carbonyl (C=O) groups excluding carboxylic acids is 1. The van der Waals surface area contributed by atoms with Gasteiger partial charge in [-0.15, -0.1) is 0 Å². The molecule has 0 aromatic heterocycles. The Morgan fingerprint density at radius 1 is 0.515 bits per heavy atom. The molecule has 0 aliphatic rings. The molecule has 0 heterocycles. The number of phosphoric ester groups is 1. The van der Waals surface area contributed by atoms with E-state index in [2.05, 4.69) is 36.5 Å². The van der Waals surface area contributed by atoms with E-state index in [1.807, 2.05) is 34.1 Å². The van der Waals surface area contributed by atoms with Crippen LogP contribution in [0, 0.1) is 0 Å². The minimum Gasteiger partial charge on any atom is -0.387 e. The van der Waals surface area contributed by atoms with Gasteiger partial charge in [0, 0.05) is 6.42 Å². The van der Waals surface area contributed by atoms with E-state index in [4.69, 9.17) is 9.05 Å². The topological polar surface area (TPSA) is 105 Å². The molecule has 0 spiro atoms. The number of carbonyl (C=O) groups is 1. The van der Waals surface area contributed by atoms with Gasteiger partial charge in [0.05, 0.1) is 39.9 Å². The minimum atomic E-state index is -4.31. The Balaban J connectivity index is 3.56. The molecule has 3 unspecified atom stereocenters. The zero-order valence-electron chi connectivity index (χ0n) is 44.4. The summed E-state index contributed by atoms with van der Waals surface area (Å²) in [5.41, 5.74) is 0. The maximum atomic E-state index is 12.7. The summed E-state index contributed by atoms with van der Waals surface area (Å²) < 4.78 is 23.3. The molecule has 66 heavy (non-hydrogen) atoms. The molecule has 0 aromatic rings. The maximum Gasteiger partial charge on any atom is 0.472 e. The molecule has 0 aromatic carbocycles. The van der Waals surface area contributed by atoms with Crippen molar-refractivity contribution < 1.29 is 32.9 Å². The third kappa shape index (κ3) is 50.6. The molecule has 0 saturated heterocycles. The van der Waals surface area contributed by atoms with E-state index in [1.165, 1.54) is 212 Å². The highest BCUT2D eigenvalue weighted by Gasteiger charge is 2.27. The van der Waals surface area contributed by atoms with Gasteiger partial charge in [0.15, 0.2) is 0 Å². The van der Waals surface area contributed by atoms with Crippen molar-refractivity contribution in [2.75, 3.05) is 40.9 Å². The van der Waals surface area contributed by atoms with Gasteiger partial charge in [-0.2, -0.15) is 0 Å². The van der Waals surface area contributed by atoms with Crippen LogP contribution in [0.2, 0.25) is 0 Å². The average molecular weight is 953 g/mol. The first-order valence-corrected chi connectivity index (χ1v) is 29.9. The molecule has 0 radical (unpaired) electrons. The normalized spacial score (nSPS) is 14.2. The number of hydrogen-bond acceptors (Lipinski definition) is 5. The lowest BCUT2D eigenvalue weighted by atomic mass is 10.0. The fraction of sp³-hybridized carbons (Fsp3) is 0.877. The van der Waals surface area contributed by atoms with Gasteiger partial charge in [-0.05, 0) is 44.9 Å². The molecule has 390 valence electrons. The first kappa shape index (κ1) is 64.7. The van der Waals surface area contributed by atoms with E-state index in [9.17, 15) is 19.4 Å². The fourth-order valence-electron chi connectivity index (χ4n) is 8.38. The Morgan fingerprint density at radius 3 is 1.27 bits per heavy atom. The van der Waals surface area contributed by atoms with Gasteiger partial charge >= 0.3 is 7.82 Å². The molecule has 0 aliphatic heterocycles. The number of nitrogens with zero attached hydrogens (tertiary/aromatic N) is 1. The van der Waals surface area contributed by atoms with E-state index in [1.54, 1.807) is 6.08 Å². The molecule has 8 nitrogen and oxygen atoms in total. The van der Waals surface area contributed by atoms with Crippen LogP contribution in [0.5, 0.6) is 0 Å². The molecule has 0 saturated carbocycles. The summed E-state index contributed by atoms with van der Waals surface area (Å²) in [6, 6.07) is -0.839. The molecule has 0 fully saturated rings. The Labute approximate surface area is 410 Å². The second-order valence-electron chi connectivity index (χ2n) is 20.7. The molecule has 1 amide bonds. The molecule has 3 atom stereocenters. The van der Waals surface area contributed by atoms with E-state index in [0.717, 1.165) is 38.5 Å². The van der Waals surface area contributed by atoms with Crippen molar-refractivity contribution in [3.63, 3.8) is 0 Å². The monoisotopic (exact) mass is 952 g/mol. The second-order valence-corrected chi connectivity index (χ2v) is 22.1. The van der Waals surface area contributed by atoms with Crippen molar-refractivity contribution in [3.05, 3.63) is 36.5 Å². The maximum absolute atomic E-state index is 12.7. The Hall–Kier alpha value is -1.28. The van der Waals surface area contributed by atoms with E-state index < -0.39 is 20.0 Å². The van der Waals surface area contributed by atoms with Gasteiger partial charge in [-0.25, -0.2) is 4.57 Å². The summed E-state index contributed by atoms with van der Waals surface area (Å²) >= 11 is 0. The van der Waals surface area contributed by atoms with Crippen molar-refractivity contribution in [2.24, 2.45) is 0 Å². The number of aliphatic hydroxyl groups is 1. The first-order chi connectivity index (χ1) is 32.0. The van der Waals surface area contributed by atoms with Crippen LogP contribution in [0.15, 0.2) is 36.5 Å². The predicted octanol–water partition coefficient (Wildman–Crippen LogP) is 17.0. The quantitative estimate of drug-likeness (QED) is 0.0243. The molecular formula is C57H112N2O6P+. The number of quaternary nitrogens is 1. The number of allylic oxidation sites excluding steroid dienone is 5. The van der Waals surface area contributed by atoms with Crippen molar-refractivity contribution in [1.82, 2.24) is 5.32 Å². The summed E-state index contributed by atoms with van der Waals surface area (Å²) in [6.07, 6.45) is 63.9. The average Bonchev–Trinajstić information content (AvgIpc) is 3.27. The van der Waals surface area contributed by atoms with Gasteiger partial charge < -0.3 is 19.8 Å². The first-order valence-electron chi connectivity index (χ1n) is 28.4. The van der Waals surface area contributed by atoms with Crippen LogP contribution in [-0.4, -0.2) is 73.4 Å². The highest BCUT2D eigenvalue weighted by Crippen LogP contribution is 2.43. The van der Waals surface area contributed by atoms with Gasteiger partial charge in [0.1, 0.15) is 13.2 Å². The van der Waals surface area contributed by atoms with Crippen molar-refractivity contribution in [2.45, 2.75) is 283 Å². The number of unbranched alkanes of at least 4 members (excludes halogenated alkanes) is 35. The molecule has 0 rings (SSSR count). The lowest BCUT2D eigenvalue weighted by Crippen LogP contribution is -2.45. The van der Waals surface area contributed by atoms with E-state index in [-0.39, 0.29) is 19.1 Å². The third-order valence-electron chi connectivity index (χ3n) is 12.8.